The normalized spacial score (nSPS) is 22.5. The molecule has 2 aliphatic rings. The van der Waals surface area contributed by atoms with E-state index in [0.717, 1.165) is 22.3 Å². The third-order valence-electron chi connectivity index (χ3n) is 6.19. The van der Waals surface area contributed by atoms with Crippen LogP contribution in [0.5, 0.6) is 0 Å². The van der Waals surface area contributed by atoms with Crippen LogP contribution < -0.4 is 5.32 Å². The van der Waals surface area contributed by atoms with E-state index >= 15 is 0 Å². The van der Waals surface area contributed by atoms with Crippen LogP contribution >= 0.6 is 0 Å². The minimum absolute atomic E-state index is 0.0304. The van der Waals surface area contributed by atoms with Crippen molar-refractivity contribution in [2.75, 3.05) is 13.2 Å². The molecule has 1 saturated heterocycles. The molecule has 0 radical (unpaired) electrons. The second-order valence-corrected chi connectivity index (χ2v) is 8.77. The Bertz CT molecular complexity index is 1270. The van der Waals surface area contributed by atoms with Crippen molar-refractivity contribution in [1.82, 2.24) is 20.3 Å². The molecule has 9 nitrogen and oxygen atoms in total. The van der Waals surface area contributed by atoms with Gasteiger partial charge in [0.1, 0.15) is 5.69 Å². The Labute approximate surface area is 203 Å². The van der Waals surface area contributed by atoms with E-state index < -0.39 is 11.3 Å². The van der Waals surface area contributed by atoms with Gasteiger partial charge in [0.2, 0.25) is 11.3 Å². The molecule has 3 heterocycles. The minimum atomic E-state index is -1.63. The summed E-state index contributed by atoms with van der Waals surface area (Å²) in [7, 11) is 0. The highest BCUT2D eigenvalue weighted by Crippen LogP contribution is 2.44. The van der Waals surface area contributed by atoms with Crippen molar-refractivity contribution in [1.29, 1.82) is 0 Å². The summed E-state index contributed by atoms with van der Waals surface area (Å²) >= 11 is 0. The average molecular weight is 476 g/mol. The first kappa shape index (κ1) is 24.3. The molecule has 9 heteroatoms. The van der Waals surface area contributed by atoms with E-state index in [0.29, 0.717) is 18.0 Å². The number of aliphatic imine (C=N–C) groups is 1. The van der Waals surface area contributed by atoms with Gasteiger partial charge in [-0.05, 0) is 26.3 Å². The van der Waals surface area contributed by atoms with Crippen molar-refractivity contribution in [2.45, 2.75) is 45.4 Å². The number of aryl methyl sites for hydroxylation is 2. The number of nitrogens with one attached hydrogen (secondary N) is 1. The van der Waals surface area contributed by atoms with Gasteiger partial charge in [-0.1, -0.05) is 59.7 Å². The molecule has 0 aliphatic carbocycles. The number of esters is 1. The molecule has 1 fully saturated rings. The number of aromatic nitrogens is 3. The van der Waals surface area contributed by atoms with Crippen LogP contribution in [0.2, 0.25) is 0 Å². The zero-order chi connectivity index (χ0) is 25.2. The largest absolute Gasteiger partial charge is 0.466 e. The predicted octanol–water partition coefficient (Wildman–Crippen LogP) is 2.54. The molecule has 2 atom stereocenters. The first-order valence-corrected chi connectivity index (χ1v) is 11.5. The lowest BCUT2D eigenvalue weighted by Gasteiger charge is -2.29. The Morgan fingerprint density at radius 3 is 2.23 bits per heavy atom. The number of ether oxygens (including phenoxy) is 1. The molecule has 0 saturated carbocycles. The van der Waals surface area contributed by atoms with Crippen LogP contribution in [-0.2, 0) is 19.9 Å². The summed E-state index contributed by atoms with van der Waals surface area (Å²) in [5.41, 5.74) is 2.37. The van der Waals surface area contributed by atoms with Gasteiger partial charge < -0.3 is 15.2 Å². The molecular formula is C26H29N5O4. The lowest BCUT2D eigenvalue weighted by molar-refractivity contribution is -0.140. The fourth-order valence-corrected chi connectivity index (χ4v) is 4.28. The second kappa shape index (κ2) is 9.42. The van der Waals surface area contributed by atoms with Crippen molar-refractivity contribution in [3.8, 4) is 11.3 Å². The van der Waals surface area contributed by atoms with Crippen molar-refractivity contribution in [3.63, 3.8) is 0 Å². The highest BCUT2D eigenvalue weighted by molar-refractivity contribution is 6.08. The number of benzene rings is 2. The predicted molar refractivity (Wildman–Crippen MR) is 131 cm³/mol. The topological polar surface area (TPSA) is 119 Å². The molecule has 35 heavy (non-hydrogen) atoms. The monoisotopic (exact) mass is 475 g/mol. The number of hydrogen-bond acceptors (Lipinski definition) is 7. The molecule has 0 bridgehead atoms. The van der Waals surface area contributed by atoms with Crippen molar-refractivity contribution < 1.29 is 19.4 Å². The van der Waals surface area contributed by atoms with Gasteiger partial charge >= 0.3 is 5.97 Å². The van der Waals surface area contributed by atoms with E-state index in [2.05, 4.69) is 25.2 Å². The number of β-amino-alcohol motifs (C(OH)–C–C–N with tert-alkyl or cyclic N) is 1. The molecule has 182 valence electrons. The van der Waals surface area contributed by atoms with E-state index in [4.69, 9.17) is 0 Å². The smallest absolute Gasteiger partial charge is 0.302 e. The van der Waals surface area contributed by atoms with Crippen LogP contribution in [0.15, 0.2) is 59.7 Å². The molecule has 2 aromatic carbocycles. The third kappa shape index (κ3) is 4.46. The summed E-state index contributed by atoms with van der Waals surface area (Å²) in [5.74, 6) is -0.533. The van der Waals surface area contributed by atoms with Crippen LogP contribution in [-0.4, -0.2) is 56.6 Å². The average Bonchev–Trinajstić information content (AvgIpc) is 3.48. The van der Waals surface area contributed by atoms with Crippen molar-refractivity contribution >= 4 is 17.6 Å². The van der Waals surface area contributed by atoms with Crippen molar-refractivity contribution in [2.24, 2.45) is 4.99 Å². The zero-order valence-corrected chi connectivity index (χ0v) is 20.3. The first-order chi connectivity index (χ1) is 16.7. The van der Waals surface area contributed by atoms with Gasteiger partial charge in [-0.3, -0.25) is 9.59 Å². The quantitative estimate of drug-likeness (QED) is 0.560. The fourth-order valence-electron chi connectivity index (χ4n) is 4.28. The van der Waals surface area contributed by atoms with E-state index in [1.54, 1.807) is 13.1 Å². The summed E-state index contributed by atoms with van der Waals surface area (Å²) < 4.78 is 4.40. The molecule has 0 unspecified atom stereocenters. The number of nitrogens with zero attached hydrogens (tertiary/aromatic N) is 4. The summed E-state index contributed by atoms with van der Waals surface area (Å²) in [5, 5.41) is 23.0. The van der Waals surface area contributed by atoms with Gasteiger partial charge in [0.15, 0.2) is 0 Å². The maximum absolute atomic E-state index is 13.0. The molecule has 0 spiro atoms. The van der Waals surface area contributed by atoms with Gasteiger partial charge in [0, 0.05) is 24.6 Å². The Morgan fingerprint density at radius 1 is 1.09 bits per heavy atom. The van der Waals surface area contributed by atoms with E-state index in [1.165, 1.54) is 11.7 Å². The molecule has 3 aromatic rings. The van der Waals surface area contributed by atoms with Crippen LogP contribution in [0, 0.1) is 13.8 Å². The SMILES string of the molecule is CCOC(C)=O.Cc1ccc(C2=N[C@@]3(O)CNC(=O)[C@@]3(n3ncc(-c4ccc(C)cc4)n3)C2)cc1. The Morgan fingerprint density at radius 2 is 1.69 bits per heavy atom. The van der Waals surface area contributed by atoms with Crippen molar-refractivity contribution in [3.05, 3.63) is 71.4 Å². The maximum Gasteiger partial charge on any atom is 0.302 e. The number of aliphatic hydroxyl groups is 1. The maximum atomic E-state index is 13.0. The van der Waals surface area contributed by atoms with Gasteiger partial charge in [0.25, 0.3) is 5.91 Å². The number of carbonyl (C=O) groups is 2. The highest BCUT2D eigenvalue weighted by atomic mass is 16.5. The van der Waals surface area contributed by atoms with Gasteiger partial charge in [0.05, 0.1) is 19.3 Å². The lowest BCUT2D eigenvalue weighted by Crippen LogP contribution is -2.54. The van der Waals surface area contributed by atoms with Crippen LogP contribution in [0.25, 0.3) is 11.3 Å². The lowest BCUT2D eigenvalue weighted by atomic mass is 9.87. The Balaban J connectivity index is 0.000000431. The molecule has 5 rings (SSSR count). The minimum Gasteiger partial charge on any atom is -0.466 e. The van der Waals surface area contributed by atoms with Crippen LogP contribution in [0.1, 0.15) is 37.0 Å². The molecular weight excluding hydrogens is 446 g/mol. The van der Waals surface area contributed by atoms with E-state index in [1.807, 2.05) is 62.4 Å². The summed E-state index contributed by atoms with van der Waals surface area (Å²) in [6.45, 7) is 7.71. The molecule has 1 amide bonds. The van der Waals surface area contributed by atoms with E-state index in [-0.39, 0.29) is 24.8 Å². The Hall–Kier alpha value is -3.85. The number of amides is 1. The number of hydrogen-bond donors (Lipinski definition) is 2. The Kier molecular flexibility index (Phi) is 6.53. The van der Waals surface area contributed by atoms with E-state index in [9.17, 15) is 14.7 Å². The number of fused-ring (bicyclic) bond motifs is 1. The second-order valence-electron chi connectivity index (χ2n) is 8.77. The summed E-state index contributed by atoms with van der Waals surface area (Å²) in [6, 6.07) is 15.8. The summed E-state index contributed by atoms with van der Waals surface area (Å²) in [6.07, 6.45) is 1.84. The van der Waals surface area contributed by atoms with Crippen LogP contribution in [0.4, 0.5) is 0 Å². The zero-order valence-electron chi connectivity index (χ0n) is 20.3. The third-order valence-corrected chi connectivity index (χ3v) is 6.19. The molecule has 1 aromatic heterocycles. The van der Waals surface area contributed by atoms with Gasteiger partial charge in [-0.25, -0.2) is 4.99 Å². The fraction of sp³-hybridized carbons (Fsp3) is 0.346. The number of rotatable bonds is 4. The summed E-state index contributed by atoms with van der Waals surface area (Å²) in [4.78, 5) is 28.7. The first-order valence-electron chi connectivity index (χ1n) is 11.5. The number of carbonyl (C=O) groups excluding carboxylic acids is 2. The standard InChI is InChI=1S/C22H21N5O2.C4H8O2/c1-14-3-7-16(8-4-14)18-11-21(20(28)23-13-22(21,29)25-18)27-24-12-19(26-27)17-9-5-15(2)6-10-17;1-3-6-4(2)5/h3-10,12,29H,11,13H2,1-2H3,(H,23,28);3H2,1-2H3/t21-,22+;/m0./s1. The van der Waals surface area contributed by atoms with Gasteiger partial charge in [-0.2, -0.15) is 15.0 Å². The van der Waals surface area contributed by atoms with Crippen LogP contribution in [0.3, 0.4) is 0 Å². The highest BCUT2D eigenvalue weighted by Gasteiger charge is 2.67. The molecule has 2 N–H and O–H groups in total. The molecule has 2 aliphatic heterocycles. The van der Waals surface area contributed by atoms with Gasteiger partial charge in [-0.15, -0.1) is 0 Å².